The number of nitrogens with one attached hydrogen (secondary N) is 1. The summed E-state index contributed by atoms with van der Waals surface area (Å²) in [6.45, 7) is 6.90. The van der Waals surface area contributed by atoms with Crippen molar-refractivity contribution >= 4 is 11.6 Å². The molecule has 0 unspecified atom stereocenters. The van der Waals surface area contributed by atoms with Crippen LogP contribution in [0.5, 0.6) is 0 Å². The Morgan fingerprint density at radius 1 is 1.07 bits per heavy atom. The molecule has 1 aliphatic heterocycles. The maximum Gasteiger partial charge on any atom is 0.255 e. The Morgan fingerprint density at radius 3 is 2.44 bits per heavy atom. The zero-order chi connectivity index (χ0) is 19.2. The zero-order valence-corrected chi connectivity index (χ0v) is 16.3. The third-order valence-electron chi connectivity index (χ3n) is 5.26. The number of rotatable bonds is 7. The van der Waals surface area contributed by atoms with Crippen LogP contribution in [0.2, 0.25) is 0 Å². The minimum Gasteiger partial charge on any atom is -0.366 e. The number of anilines is 2. The van der Waals surface area contributed by atoms with E-state index < -0.39 is 0 Å². The molecule has 1 N–H and O–H groups in total. The Balaban J connectivity index is 1.64. The number of benzene rings is 1. The average Bonchev–Trinajstić information content (AvgIpc) is 2.67. The number of hydrogen-bond donors (Lipinski definition) is 1. The van der Waals surface area contributed by atoms with E-state index in [0.29, 0.717) is 37.8 Å². The first-order valence-electron chi connectivity index (χ1n) is 9.94. The molecular formula is C21H29FN4O. The summed E-state index contributed by atoms with van der Waals surface area (Å²) in [6, 6.07) is 6.86. The third-order valence-corrected chi connectivity index (χ3v) is 5.26. The van der Waals surface area contributed by atoms with Gasteiger partial charge in [0.1, 0.15) is 5.82 Å². The first-order chi connectivity index (χ1) is 13.1. The van der Waals surface area contributed by atoms with Crippen molar-refractivity contribution in [2.75, 3.05) is 36.0 Å². The number of halogens is 1. The fourth-order valence-corrected chi connectivity index (χ4v) is 3.64. The van der Waals surface area contributed by atoms with Gasteiger partial charge in [0.25, 0.3) is 5.56 Å². The Kier molecular flexibility index (Phi) is 6.48. The van der Waals surface area contributed by atoms with Crippen molar-refractivity contribution in [1.29, 1.82) is 0 Å². The fraction of sp³-hybridized carbons (Fsp3) is 0.524. The molecular weight excluding hydrogens is 343 g/mol. The minimum atomic E-state index is -0.194. The summed E-state index contributed by atoms with van der Waals surface area (Å²) >= 11 is 0. The fourth-order valence-electron chi connectivity index (χ4n) is 3.64. The molecule has 5 nitrogen and oxygen atoms in total. The average molecular weight is 372 g/mol. The van der Waals surface area contributed by atoms with Crippen LogP contribution in [0.15, 0.2) is 29.1 Å². The number of aromatic amines is 1. The van der Waals surface area contributed by atoms with Gasteiger partial charge in [-0.25, -0.2) is 9.37 Å². The van der Waals surface area contributed by atoms with Gasteiger partial charge in [-0.05, 0) is 31.9 Å². The van der Waals surface area contributed by atoms with E-state index in [9.17, 15) is 9.18 Å². The Morgan fingerprint density at radius 2 is 1.78 bits per heavy atom. The maximum atomic E-state index is 14.0. The zero-order valence-electron chi connectivity index (χ0n) is 16.3. The van der Waals surface area contributed by atoms with Crippen LogP contribution in [-0.4, -0.2) is 36.1 Å². The van der Waals surface area contributed by atoms with Gasteiger partial charge in [0.05, 0.1) is 5.69 Å². The highest BCUT2D eigenvalue weighted by molar-refractivity contribution is 5.49. The van der Waals surface area contributed by atoms with Gasteiger partial charge in [-0.3, -0.25) is 9.78 Å². The molecule has 1 aromatic heterocycles. The quantitative estimate of drug-likeness (QED) is 0.754. The number of aromatic nitrogens is 2. The first kappa shape index (κ1) is 19.4. The highest BCUT2D eigenvalue weighted by Crippen LogP contribution is 2.21. The molecule has 2 heterocycles. The van der Waals surface area contributed by atoms with Crippen molar-refractivity contribution in [3.63, 3.8) is 0 Å². The van der Waals surface area contributed by atoms with Crippen molar-refractivity contribution in [1.82, 2.24) is 9.97 Å². The van der Waals surface area contributed by atoms with E-state index in [1.165, 1.54) is 18.9 Å². The Labute approximate surface area is 160 Å². The van der Waals surface area contributed by atoms with Gasteiger partial charge in [0.15, 0.2) is 0 Å². The molecule has 6 heteroatoms. The summed E-state index contributed by atoms with van der Waals surface area (Å²) in [6.07, 6.45) is 5.35. The SMILES string of the molecule is CCCCCCc1c(C)nc(N2CCN(c3ccccc3F)CC2)[nH]c1=O. The second kappa shape index (κ2) is 9.02. The van der Waals surface area contributed by atoms with E-state index in [1.807, 2.05) is 24.0 Å². The molecule has 0 bridgehead atoms. The van der Waals surface area contributed by atoms with Crippen LogP contribution in [0, 0.1) is 12.7 Å². The summed E-state index contributed by atoms with van der Waals surface area (Å²) in [5.41, 5.74) is 2.24. The second-order valence-electron chi connectivity index (χ2n) is 7.19. The van der Waals surface area contributed by atoms with Crippen molar-refractivity contribution in [2.24, 2.45) is 0 Å². The largest absolute Gasteiger partial charge is 0.366 e. The predicted octanol–water partition coefficient (Wildman–Crippen LogP) is 3.67. The molecule has 0 atom stereocenters. The predicted molar refractivity (Wildman–Crippen MR) is 108 cm³/mol. The molecule has 1 saturated heterocycles. The molecule has 1 aliphatic rings. The topological polar surface area (TPSA) is 52.2 Å². The number of H-pyrrole nitrogens is 1. The molecule has 1 aromatic carbocycles. The smallest absolute Gasteiger partial charge is 0.255 e. The van der Waals surface area contributed by atoms with Crippen LogP contribution < -0.4 is 15.4 Å². The van der Waals surface area contributed by atoms with Crippen LogP contribution in [0.4, 0.5) is 16.0 Å². The van der Waals surface area contributed by atoms with E-state index >= 15 is 0 Å². The molecule has 0 spiro atoms. The number of nitrogens with zero attached hydrogens (tertiary/aromatic N) is 3. The molecule has 3 rings (SSSR count). The minimum absolute atomic E-state index is 0.0227. The van der Waals surface area contributed by atoms with Crippen molar-refractivity contribution in [2.45, 2.75) is 46.0 Å². The maximum absolute atomic E-state index is 14.0. The number of piperazine rings is 1. The lowest BCUT2D eigenvalue weighted by atomic mass is 10.1. The van der Waals surface area contributed by atoms with E-state index in [1.54, 1.807) is 6.07 Å². The Bertz CT molecular complexity index is 812. The standard InChI is InChI=1S/C21H29FN4O/c1-3-4-5-6-9-17-16(2)23-21(24-20(17)27)26-14-12-25(13-15-26)19-11-8-7-10-18(19)22/h7-8,10-11H,3-6,9,12-15H2,1-2H3,(H,23,24,27). The molecule has 2 aromatic rings. The van der Waals surface area contributed by atoms with Gasteiger partial charge in [-0.1, -0.05) is 38.3 Å². The molecule has 1 fully saturated rings. The number of hydrogen-bond acceptors (Lipinski definition) is 4. The molecule has 0 saturated carbocycles. The molecule has 146 valence electrons. The molecule has 27 heavy (non-hydrogen) atoms. The summed E-state index contributed by atoms with van der Waals surface area (Å²) in [5, 5.41) is 0. The van der Waals surface area contributed by atoms with Gasteiger partial charge < -0.3 is 9.80 Å². The van der Waals surface area contributed by atoms with E-state index in [2.05, 4.69) is 21.8 Å². The highest BCUT2D eigenvalue weighted by Gasteiger charge is 2.21. The van der Waals surface area contributed by atoms with Crippen molar-refractivity contribution in [3.05, 3.63) is 51.7 Å². The summed E-state index contributed by atoms with van der Waals surface area (Å²) in [7, 11) is 0. The first-order valence-corrected chi connectivity index (χ1v) is 9.94. The Hall–Kier alpha value is -2.37. The van der Waals surface area contributed by atoms with Gasteiger partial charge in [0, 0.05) is 37.4 Å². The van der Waals surface area contributed by atoms with Gasteiger partial charge in [-0.15, -0.1) is 0 Å². The second-order valence-corrected chi connectivity index (χ2v) is 7.19. The summed E-state index contributed by atoms with van der Waals surface area (Å²) in [4.78, 5) is 24.2. The normalized spacial score (nSPS) is 14.6. The lowest BCUT2D eigenvalue weighted by Crippen LogP contribution is -2.48. The van der Waals surface area contributed by atoms with Crippen LogP contribution in [0.3, 0.4) is 0 Å². The molecule has 0 aliphatic carbocycles. The summed E-state index contributed by atoms with van der Waals surface area (Å²) < 4.78 is 14.0. The van der Waals surface area contributed by atoms with Crippen LogP contribution in [-0.2, 0) is 6.42 Å². The van der Waals surface area contributed by atoms with Gasteiger partial charge in [-0.2, -0.15) is 0 Å². The third kappa shape index (κ3) is 4.67. The molecule has 0 radical (unpaired) electrons. The van der Waals surface area contributed by atoms with Crippen molar-refractivity contribution in [3.8, 4) is 0 Å². The highest BCUT2D eigenvalue weighted by atomic mass is 19.1. The van der Waals surface area contributed by atoms with E-state index in [4.69, 9.17) is 0 Å². The van der Waals surface area contributed by atoms with E-state index in [-0.39, 0.29) is 11.4 Å². The van der Waals surface area contributed by atoms with Crippen LogP contribution in [0.1, 0.15) is 43.9 Å². The monoisotopic (exact) mass is 372 g/mol. The van der Waals surface area contributed by atoms with E-state index in [0.717, 1.165) is 30.5 Å². The number of aryl methyl sites for hydroxylation is 1. The summed E-state index contributed by atoms with van der Waals surface area (Å²) in [5.74, 6) is 0.434. The number of para-hydroxylation sites is 1. The van der Waals surface area contributed by atoms with Gasteiger partial charge in [0.2, 0.25) is 5.95 Å². The van der Waals surface area contributed by atoms with Crippen LogP contribution in [0.25, 0.3) is 0 Å². The molecule has 0 amide bonds. The van der Waals surface area contributed by atoms with Gasteiger partial charge >= 0.3 is 0 Å². The lowest BCUT2D eigenvalue weighted by molar-refractivity contribution is 0.593. The number of unbranched alkanes of at least 4 members (excludes halogenated alkanes) is 3. The van der Waals surface area contributed by atoms with Crippen LogP contribution >= 0.6 is 0 Å². The van der Waals surface area contributed by atoms with Crippen molar-refractivity contribution < 1.29 is 4.39 Å². The lowest BCUT2D eigenvalue weighted by Gasteiger charge is -2.36.